The van der Waals surface area contributed by atoms with Crippen molar-refractivity contribution in [1.29, 1.82) is 0 Å². The van der Waals surface area contributed by atoms with Gasteiger partial charge in [-0.2, -0.15) is 5.10 Å². The maximum atomic E-state index is 10.8. The molecular weight excluding hydrogens is 425 g/mol. The molecule has 0 aromatic heterocycles. The Hall–Kier alpha value is -1.29. The molecule has 138 valence electrons. The third-order valence-electron chi connectivity index (χ3n) is 2.57. The molecule has 25 heavy (non-hydrogen) atoms. The maximum Gasteiger partial charge on any atom is 0.333 e. The van der Waals surface area contributed by atoms with E-state index in [2.05, 4.69) is 51.0 Å². The summed E-state index contributed by atoms with van der Waals surface area (Å²) < 4.78 is 0.625. The molecule has 0 aliphatic rings. The van der Waals surface area contributed by atoms with Crippen molar-refractivity contribution in [2.24, 2.45) is 20.4 Å². The normalized spacial score (nSPS) is 14.2. The molecule has 0 spiro atoms. The van der Waals surface area contributed by atoms with Gasteiger partial charge in [-0.1, -0.05) is 52.3 Å². The number of hydrogen-bond acceptors (Lipinski definition) is 6. The summed E-state index contributed by atoms with van der Waals surface area (Å²) in [5, 5.41) is 27.6. The van der Waals surface area contributed by atoms with Crippen molar-refractivity contribution in [2.75, 3.05) is 6.26 Å². The van der Waals surface area contributed by atoms with Crippen LogP contribution in [0.5, 0.6) is 0 Å². The van der Waals surface area contributed by atoms with Crippen LogP contribution in [0.2, 0.25) is 0 Å². The minimum Gasteiger partial charge on any atom is -0.480 e. The van der Waals surface area contributed by atoms with Gasteiger partial charge in [0, 0.05) is 47.3 Å². The summed E-state index contributed by atoms with van der Waals surface area (Å²) in [6.45, 7) is 1.50. The zero-order valence-corrected chi connectivity index (χ0v) is 17.2. The summed E-state index contributed by atoms with van der Waals surface area (Å²) in [7, 11) is 0. The summed E-state index contributed by atoms with van der Waals surface area (Å²) in [6, 6.07) is 8.52. The van der Waals surface area contributed by atoms with E-state index in [1.54, 1.807) is 0 Å². The molecule has 1 atom stereocenters. The molecular formula is C14H19N5NiO2S3+2. The van der Waals surface area contributed by atoms with Crippen LogP contribution >= 0.6 is 11.8 Å². The number of carboxylic acid groups (broad SMARTS) is 1. The van der Waals surface area contributed by atoms with Crippen molar-refractivity contribution in [2.45, 2.75) is 13.0 Å². The quantitative estimate of drug-likeness (QED) is 0.220. The second-order valence-electron chi connectivity index (χ2n) is 4.36. The number of benzene rings is 1. The summed E-state index contributed by atoms with van der Waals surface area (Å²) in [5.41, 5.74) is 1.27. The fraction of sp³-hybridized carbons (Fsp3) is 0.214. The van der Waals surface area contributed by atoms with Gasteiger partial charge in [-0.05, 0) is 13.2 Å². The van der Waals surface area contributed by atoms with Gasteiger partial charge in [0.2, 0.25) is 0 Å². The smallest absolute Gasteiger partial charge is 0.333 e. The number of nitrogens with zero attached hydrogens (tertiary/aromatic N) is 4. The van der Waals surface area contributed by atoms with Crippen LogP contribution in [0.3, 0.4) is 0 Å². The maximum absolute atomic E-state index is 10.8. The van der Waals surface area contributed by atoms with Gasteiger partial charge in [-0.15, -0.1) is 5.10 Å². The van der Waals surface area contributed by atoms with E-state index in [1.807, 2.05) is 36.6 Å². The van der Waals surface area contributed by atoms with Crippen LogP contribution in [-0.4, -0.2) is 44.8 Å². The second-order valence-corrected chi connectivity index (χ2v) is 6.46. The number of thioether (sulfide) groups is 1. The average Bonchev–Trinajstić information content (AvgIpc) is 2.58. The Morgan fingerprint density at radius 3 is 2.44 bits per heavy atom. The van der Waals surface area contributed by atoms with Gasteiger partial charge < -0.3 is 10.4 Å². The van der Waals surface area contributed by atoms with Crippen LogP contribution in [0.4, 0.5) is 0 Å². The van der Waals surface area contributed by atoms with Crippen molar-refractivity contribution in [3.05, 3.63) is 35.9 Å². The molecule has 1 aromatic rings. The summed E-state index contributed by atoms with van der Waals surface area (Å²) >= 11 is 7.90. The Morgan fingerprint density at radius 2 is 1.88 bits per heavy atom. The van der Waals surface area contributed by atoms with E-state index in [9.17, 15) is 4.79 Å². The zero-order chi connectivity index (χ0) is 17.9. The van der Waals surface area contributed by atoms with Gasteiger partial charge in [0.25, 0.3) is 4.38 Å². The molecule has 0 fully saturated rings. The topological polar surface area (TPSA) is 98.8 Å². The van der Waals surface area contributed by atoms with Gasteiger partial charge in [-0.3, -0.25) is 4.79 Å². The number of rotatable bonds is 6. The predicted molar refractivity (Wildman–Crippen MR) is 110 cm³/mol. The summed E-state index contributed by atoms with van der Waals surface area (Å²) in [5.74, 6) is -0.995. The number of nitrogens with one attached hydrogen (secondary N) is 1. The average molecular weight is 444 g/mol. The molecule has 0 radical (unpaired) electrons. The predicted octanol–water partition coefficient (Wildman–Crippen LogP) is 0.535. The monoisotopic (exact) mass is 443 g/mol. The van der Waals surface area contributed by atoms with Gasteiger partial charge in [-0.25, -0.2) is 0 Å². The fourth-order valence-electron chi connectivity index (χ4n) is 1.34. The fourth-order valence-corrected chi connectivity index (χ4v) is 1.80. The van der Waals surface area contributed by atoms with E-state index in [0.29, 0.717) is 10.1 Å². The Morgan fingerprint density at radius 1 is 1.24 bits per heavy atom. The Balaban J connectivity index is 0.00000576. The van der Waals surface area contributed by atoms with Crippen LogP contribution in [0, 0.1) is 0 Å². The van der Waals surface area contributed by atoms with Gasteiger partial charge in [0.05, 0.1) is 6.21 Å². The van der Waals surface area contributed by atoms with E-state index in [4.69, 9.17) is 5.11 Å². The van der Waals surface area contributed by atoms with E-state index in [1.165, 1.54) is 24.9 Å². The third-order valence-corrected chi connectivity index (χ3v) is 4.00. The Labute approximate surface area is 171 Å². The molecule has 0 aliphatic carbocycles. The molecule has 0 saturated heterocycles. The second kappa shape index (κ2) is 13.0. The molecule has 11 heteroatoms. The standard InChI is InChI=1S/C14H17N5O2S3.Ni/c1-9(12(20)21)16-13(22)18-17-11(8-15-19-14(23)24-2)10-6-4-3-5-7-10;/h3-9H,1-2H3,(H,19,23)(H,20,21)(H2,16,18,22);/p+2/b15-8+,17-11-;. The SMILES string of the molecule is CS/C([SH2+])=N/N=C/C(=N/N=C(\[SH2+])NC(C)C(=O)O)c1ccccc1.[Ni]. The van der Waals surface area contributed by atoms with Crippen molar-refractivity contribution in [3.63, 3.8) is 0 Å². The molecule has 0 amide bonds. The van der Waals surface area contributed by atoms with E-state index in [0.717, 1.165) is 5.56 Å². The molecule has 0 aliphatic heterocycles. The summed E-state index contributed by atoms with van der Waals surface area (Å²) in [6.07, 6.45) is 3.33. The van der Waals surface area contributed by atoms with E-state index < -0.39 is 12.0 Å². The number of aliphatic carboxylic acids is 1. The van der Waals surface area contributed by atoms with Gasteiger partial charge in [0.1, 0.15) is 11.8 Å². The minimum atomic E-state index is -0.995. The molecule has 1 rings (SSSR count). The zero-order valence-electron chi connectivity index (χ0n) is 13.4. The molecule has 0 heterocycles. The number of amidine groups is 1. The van der Waals surface area contributed by atoms with Crippen molar-refractivity contribution in [1.82, 2.24) is 5.32 Å². The van der Waals surface area contributed by atoms with Crippen LogP contribution in [-0.2, 0) is 46.5 Å². The molecule has 7 nitrogen and oxygen atoms in total. The first kappa shape index (κ1) is 23.7. The van der Waals surface area contributed by atoms with Crippen molar-refractivity contribution < 1.29 is 26.4 Å². The van der Waals surface area contributed by atoms with Gasteiger partial charge >= 0.3 is 11.1 Å². The van der Waals surface area contributed by atoms with Crippen LogP contribution in [0.25, 0.3) is 0 Å². The Kier molecular flexibility index (Phi) is 12.3. The van der Waals surface area contributed by atoms with Crippen molar-refractivity contribution in [3.8, 4) is 0 Å². The molecule has 1 unspecified atom stereocenters. The molecule has 2 N–H and O–H groups in total. The first-order valence-electron chi connectivity index (χ1n) is 6.72. The minimum absolute atomic E-state index is 0. The van der Waals surface area contributed by atoms with E-state index in [-0.39, 0.29) is 21.7 Å². The third kappa shape index (κ3) is 9.69. The van der Waals surface area contributed by atoms with Crippen LogP contribution < -0.4 is 5.32 Å². The van der Waals surface area contributed by atoms with Gasteiger partial charge in [0.15, 0.2) is 0 Å². The first-order valence-corrected chi connectivity index (χ1v) is 8.95. The molecule has 0 saturated carbocycles. The summed E-state index contributed by atoms with van der Waals surface area (Å²) in [4.78, 5) is 10.8. The van der Waals surface area contributed by atoms with E-state index >= 15 is 0 Å². The first-order chi connectivity index (χ1) is 11.4. The van der Waals surface area contributed by atoms with Crippen molar-refractivity contribution >= 4 is 64.5 Å². The number of carboxylic acids is 1. The largest absolute Gasteiger partial charge is 0.480 e. The van der Waals surface area contributed by atoms with Crippen LogP contribution in [0.1, 0.15) is 12.5 Å². The number of carbonyl (C=O) groups is 1. The molecule has 0 bridgehead atoms. The van der Waals surface area contributed by atoms with Crippen LogP contribution in [0.15, 0.2) is 50.7 Å². The Bertz CT molecular complexity index is 680. The number of hydrogen-bond donors (Lipinski definition) is 2. The molecule has 1 aromatic carbocycles.